The molecule has 2 saturated carbocycles. The third-order valence-electron chi connectivity index (χ3n) is 5.07. The molecule has 0 aliphatic heterocycles. The summed E-state index contributed by atoms with van der Waals surface area (Å²) in [6.07, 6.45) is 9.36. The lowest BCUT2D eigenvalue weighted by molar-refractivity contribution is -0.140. The van der Waals surface area contributed by atoms with Crippen LogP contribution >= 0.6 is 0 Å². The van der Waals surface area contributed by atoms with Crippen molar-refractivity contribution in [2.24, 2.45) is 10.8 Å². The molecule has 6 nitrogen and oxygen atoms in total. The summed E-state index contributed by atoms with van der Waals surface area (Å²) in [6, 6.07) is 4.34. The van der Waals surface area contributed by atoms with Crippen LogP contribution in [0.5, 0.6) is 0 Å². The minimum Gasteiger partial charge on any atom is -0.481 e. The highest BCUT2D eigenvalue weighted by atomic mass is 16.4. The van der Waals surface area contributed by atoms with E-state index in [1.54, 1.807) is 0 Å². The molecule has 0 aromatic rings. The van der Waals surface area contributed by atoms with Gasteiger partial charge in [-0.15, -0.1) is 0 Å². The van der Waals surface area contributed by atoms with Gasteiger partial charge in [0, 0.05) is 0 Å². The molecule has 0 heterocycles. The van der Waals surface area contributed by atoms with E-state index < -0.39 is 22.8 Å². The zero-order chi connectivity index (χ0) is 18.1. The van der Waals surface area contributed by atoms with E-state index in [1.807, 2.05) is 0 Å². The molecule has 132 valence electrons. The Morgan fingerprint density at radius 2 is 1.00 bits per heavy atom. The molecule has 0 radical (unpaired) electrons. The van der Waals surface area contributed by atoms with E-state index in [1.165, 1.54) is 0 Å². The Hall–Kier alpha value is -2.08. The molecule has 0 saturated heterocycles. The Morgan fingerprint density at radius 1 is 0.708 bits per heavy atom. The normalized spacial score (nSPS) is 21.2. The Labute approximate surface area is 143 Å². The van der Waals surface area contributed by atoms with Crippen molar-refractivity contribution < 1.29 is 19.8 Å². The van der Waals surface area contributed by atoms with Gasteiger partial charge in [0.15, 0.2) is 0 Å². The molecule has 2 aliphatic rings. The summed E-state index contributed by atoms with van der Waals surface area (Å²) in [5.74, 6) is -1.70. The number of carboxylic acid groups (broad SMARTS) is 2. The number of nitrogens with zero attached hydrogens (tertiary/aromatic N) is 2. The number of hydrogen-bond acceptors (Lipinski definition) is 4. The van der Waals surface area contributed by atoms with Crippen LogP contribution in [0.2, 0.25) is 0 Å². The number of aliphatic carboxylic acids is 2. The molecular formula is C18H26N2O4. The summed E-state index contributed by atoms with van der Waals surface area (Å²) in [7, 11) is 0. The van der Waals surface area contributed by atoms with E-state index in [0.29, 0.717) is 0 Å². The SMILES string of the molecule is N#CC1(CC(=O)O)CCCCC1.N#CC1(CC(=O)O)CCCCC1. The first kappa shape index (κ1) is 20.0. The third-order valence-corrected chi connectivity index (χ3v) is 5.07. The number of hydrogen-bond donors (Lipinski definition) is 2. The van der Waals surface area contributed by atoms with Gasteiger partial charge >= 0.3 is 11.9 Å². The molecule has 6 heteroatoms. The van der Waals surface area contributed by atoms with Crippen LogP contribution in [0.25, 0.3) is 0 Å². The lowest BCUT2D eigenvalue weighted by atomic mass is 9.73. The number of nitriles is 2. The van der Waals surface area contributed by atoms with Crippen LogP contribution in [0.4, 0.5) is 0 Å². The molecule has 24 heavy (non-hydrogen) atoms. The summed E-state index contributed by atoms with van der Waals surface area (Å²) < 4.78 is 0. The maximum Gasteiger partial charge on any atom is 0.304 e. The zero-order valence-electron chi connectivity index (χ0n) is 14.1. The highest BCUT2D eigenvalue weighted by Crippen LogP contribution is 2.39. The zero-order valence-corrected chi connectivity index (χ0v) is 14.1. The summed E-state index contributed by atoms with van der Waals surface area (Å²) in [6.45, 7) is 0. The molecule has 0 bridgehead atoms. The average molecular weight is 334 g/mol. The fraction of sp³-hybridized carbons (Fsp3) is 0.778. The van der Waals surface area contributed by atoms with Gasteiger partial charge in [-0.3, -0.25) is 9.59 Å². The number of carboxylic acids is 2. The molecule has 0 atom stereocenters. The van der Waals surface area contributed by atoms with Crippen LogP contribution in [-0.2, 0) is 9.59 Å². The van der Waals surface area contributed by atoms with E-state index >= 15 is 0 Å². The maximum absolute atomic E-state index is 10.5. The number of carbonyl (C=O) groups is 2. The highest BCUT2D eigenvalue weighted by molar-refractivity contribution is 5.68. The second-order valence-electron chi connectivity index (χ2n) is 7.05. The van der Waals surface area contributed by atoms with Gasteiger partial charge in [0.2, 0.25) is 0 Å². The van der Waals surface area contributed by atoms with Crippen LogP contribution in [0.15, 0.2) is 0 Å². The Kier molecular flexibility index (Phi) is 7.71. The van der Waals surface area contributed by atoms with E-state index in [-0.39, 0.29) is 12.8 Å². The molecule has 0 spiro atoms. The monoisotopic (exact) mass is 334 g/mol. The van der Waals surface area contributed by atoms with Gasteiger partial charge in [-0.2, -0.15) is 10.5 Å². The molecule has 0 aromatic carbocycles. The summed E-state index contributed by atoms with van der Waals surface area (Å²) in [4.78, 5) is 21.0. The summed E-state index contributed by atoms with van der Waals surface area (Å²) in [5.41, 5.74) is -1.10. The molecule has 2 aliphatic carbocycles. The van der Waals surface area contributed by atoms with Crippen molar-refractivity contribution in [1.29, 1.82) is 10.5 Å². The second kappa shape index (κ2) is 9.27. The predicted molar refractivity (Wildman–Crippen MR) is 86.8 cm³/mol. The molecule has 2 N–H and O–H groups in total. The van der Waals surface area contributed by atoms with Gasteiger partial charge in [-0.25, -0.2) is 0 Å². The maximum atomic E-state index is 10.5. The minimum atomic E-state index is -0.849. The first-order valence-electron chi connectivity index (χ1n) is 8.63. The summed E-state index contributed by atoms with van der Waals surface area (Å²) in [5, 5.41) is 35.0. The van der Waals surface area contributed by atoms with Gasteiger partial charge in [0.05, 0.1) is 35.8 Å². The Morgan fingerprint density at radius 3 is 1.21 bits per heavy atom. The number of rotatable bonds is 4. The highest BCUT2D eigenvalue weighted by Gasteiger charge is 2.35. The van der Waals surface area contributed by atoms with Gasteiger partial charge < -0.3 is 10.2 Å². The van der Waals surface area contributed by atoms with E-state index in [0.717, 1.165) is 64.2 Å². The lowest BCUT2D eigenvalue weighted by Gasteiger charge is -2.28. The average Bonchev–Trinajstić information content (AvgIpc) is 2.56. The minimum absolute atomic E-state index is 0.0174. The first-order valence-corrected chi connectivity index (χ1v) is 8.63. The third kappa shape index (κ3) is 6.20. The van der Waals surface area contributed by atoms with E-state index in [2.05, 4.69) is 12.1 Å². The van der Waals surface area contributed by atoms with Crippen molar-refractivity contribution >= 4 is 11.9 Å². The molecular weight excluding hydrogens is 308 g/mol. The Balaban J connectivity index is 0.000000240. The fourth-order valence-electron chi connectivity index (χ4n) is 3.69. The van der Waals surface area contributed by atoms with Gasteiger partial charge in [0.1, 0.15) is 0 Å². The predicted octanol–water partition coefficient (Wildman–Crippen LogP) is 3.87. The van der Waals surface area contributed by atoms with E-state index in [4.69, 9.17) is 20.7 Å². The molecule has 0 aromatic heterocycles. The molecule has 2 fully saturated rings. The summed E-state index contributed by atoms with van der Waals surface area (Å²) >= 11 is 0. The van der Waals surface area contributed by atoms with E-state index in [9.17, 15) is 9.59 Å². The van der Waals surface area contributed by atoms with Crippen molar-refractivity contribution in [2.45, 2.75) is 77.0 Å². The van der Waals surface area contributed by atoms with Gasteiger partial charge in [-0.05, 0) is 25.7 Å². The van der Waals surface area contributed by atoms with Crippen molar-refractivity contribution in [3.63, 3.8) is 0 Å². The van der Waals surface area contributed by atoms with Crippen LogP contribution in [-0.4, -0.2) is 22.2 Å². The Bertz CT molecular complexity index is 470. The molecule has 0 unspecified atom stereocenters. The lowest BCUT2D eigenvalue weighted by Crippen LogP contribution is -2.25. The van der Waals surface area contributed by atoms with Crippen molar-refractivity contribution in [3.8, 4) is 12.1 Å². The van der Waals surface area contributed by atoms with Crippen LogP contribution in [0, 0.1) is 33.5 Å². The fourth-order valence-corrected chi connectivity index (χ4v) is 3.69. The second-order valence-corrected chi connectivity index (χ2v) is 7.05. The van der Waals surface area contributed by atoms with Gasteiger partial charge in [0.25, 0.3) is 0 Å². The van der Waals surface area contributed by atoms with Gasteiger partial charge in [-0.1, -0.05) is 38.5 Å². The van der Waals surface area contributed by atoms with Crippen LogP contribution < -0.4 is 0 Å². The van der Waals surface area contributed by atoms with Crippen molar-refractivity contribution in [1.82, 2.24) is 0 Å². The molecule has 0 amide bonds. The first-order chi connectivity index (χ1) is 11.4. The largest absolute Gasteiger partial charge is 0.481 e. The smallest absolute Gasteiger partial charge is 0.304 e. The standard InChI is InChI=1S/2C9H13NO2/c2*10-7-9(6-8(11)12)4-2-1-3-5-9/h2*1-6H2,(H,11,12). The topological polar surface area (TPSA) is 122 Å². The van der Waals surface area contributed by atoms with Crippen molar-refractivity contribution in [2.75, 3.05) is 0 Å². The quantitative estimate of drug-likeness (QED) is 0.804. The van der Waals surface area contributed by atoms with Crippen molar-refractivity contribution in [3.05, 3.63) is 0 Å². The van der Waals surface area contributed by atoms with Crippen LogP contribution in [0.1, 0.15) is 77.0 Å². The molecule has 2 rings (SSSR count). The van der Waals surface area contributed by atoms with Crippen LogP contribution in [0.3, 0.4) is 0 Å².